The maximum absolute atomic E-state index is 13.0. The second-order valence-corrected chi connectivity index (χ2v) is 7.05. The number of benzene rings is 3. The summed E-state index contributed by atoms with van der Waals surface area (Å²) >= 11 is 0. The molecule has 5 nitrogen and oxygen atoms in total. The topological polar surface area (TPSA) is 58.1 Å². The average Bonchev–Trinajstić information content (AvgIpc) is 2.74. The zero-order valence-electron chi connectivity index (χ0n) is 16.5. The van der Waals surface area contributed by atoms with E-state index >= 15 is 0 Å². The summed E-state index contributed by atoms with van der Waals surface area (Å²) in [6.07, 6.45) is 0. The molecule has 5 heteroatoms. The first kappa shape index (κ1) is 18.6. The normalized spacial score (nSPS) is 10.7. The maximum atomic E-state index is 13.0. The number of aryl methyl sites for hydroxylation is 1. The highest BCUT2D eigenvalue weighted by Gasteiger charge is 2.18. The van der Waals surface area contributed by atoms with Gasteiger partial charge in [0.15, 0.2) is 0 Å². The van der Waals surface area contributed by atoms with Crippen molar-refractivity contribution in [2.75, 3.05) is 12.4 Å². The number of rotatable bonds is 5. The Morgan fingerprint density at radius 2 is 1.69 bits per heavy atom. The number of hydrogen-bond donors (Lipinski definition) is 1. The minimum Gasteiger partial charge on any atom is -0.340 e. The molecule has 0 fully saturated rings. The smallest absolute Gasteiger partial charge is 0.291 e. The van der Waals surface area contributed by atoms with Crippen LogP contribution in [0.15, 0.2) is 78.9 Å². The van der Waals surface area contributed by atoms with Gasteiger partial charge < -0.3 is 10.2 Å². The third-order valence-electron chi connectivity index (χ3n) is 4.68. The molecule has 1 heterocycles. The van der Waals surface area contributed by atoms with E-state index in [0.717, 1.165) is 27.7 Å². The highest BCUT2D eigenvalue weighted by Crippen LogP contribution is 2.24. The van der Waals surface area contributed by atoms with Gasteiger partial charge in [-0.25, -0.2) is 9.97 Å². The van der Waals surface area contributed by atoms with E-state index < -0.39 is 0 Å². The van der Waals surface area contributed by atoms with Crippen molar-refractivity contribution in [3.05, 3.63) is 95.8 Å². The minimum atomic E-state index is -0.216. The van der Waals surface area contributed by atoms with Crippen molar-refractivity contribution in [3.63, 3.8) is 0 Å². The molecular formula is C24H22N4O. The van der Waals surface area contributed by atoms with E-state index in [0.29, 0.717) is 12.4 Å². The first-order valence-electron chi connectivity index (χ1n) is 9.50. The molecule has 1 amide bonds. The van der Waals surface area contributed by atoms with Crippen LogP contribution >= 0.6 is 0 Å². The molecule has 4 rings (SSSR count). The largest absolute Gasteiger partial charge is 0.340 e. The van der Waals surface area contributed by atoms with Gasteiger partial charge in [-0.3, -0.25) is 4.79 Å². The Morgan fingerprint density at radius 1 is 0.931 bits per heavy atom. The number of aromatic nitrogens is 2. The lowest BCUT2D eigenvalue weighted by Crippen LogP contribution is -2.28. The van der Waals surface area contributed by atoms with Crippen molar-refractivity contribution < 1.29 is 4.79 Å². The molecule has 0 saturated carbocycles. The van der Waals surface area contributed by atoms with Crippen LogP contribution in [0.3, 0.4) is 0 Å². The van der Waals surface area contributed by atoms with Gasteiger partial charge >= 0.3 is 0 Å². The van der Waals surface area contributed by atoms with Crippen molar-refractivity contribution in [2.24, 2.45) is 0 Å². The van der Waals surface area contributed by atoms with E-state index in [1.165, 1.54) is 0 Å². The molecule has 3 aromatic carbocycles. The standard InChI is InChI=1S/C24H22N4O/c1-17-9-8-12-19(15-17)25-22-20-13-6-7-14-21(20)26-23(27-22)24(29)28(2)16-18-10-4-3-5-11-18/h3-15H,16H2,1-2H3,(H,25,26,27). The van der Waals surface area contributed by atoms with Crippen molar-refractivity contribution >= 4 is 28.3 Å². The van der Waals surface area contributed by atoms with E-state index in [4.69, 9.17) is 0 Å². The van der Waals surface area contributed by atoms with Crippen molar-refractivity contribution in [1.29, 1.82) is 0 Å². The van der Waals surface area contributed by atoms with E-state index in [-0.39, 0.29) is 11.7 Å². The zero-order chi connectivity index (χ0) is 20.2. The van der Waals surface area contributed by atoms with Crippen LogP contribution in [0, 0.1) is 6.92 Å². The molecule has 29 heavy (non-hydrogen) atoms. The van der Waals surface area contributed by atoms with Gasteiger partial charge in [-0.15, -0.1) is 0 Å². The number of carbonyl (C=O) groups excluding carboxylic acids is 1. The summed E-state index contributed by atoms with van der Waals surface area (Å²) in [5, 5.41) is 4.22. The van der Waals surface area contributed by atoms with Crippen LogP contribution in [0.4, 0.5) is 11.5 Å². The van der Waals surface area contributed by atoms with Gasteiger partial charge in [0.2, 0.25) is 5.82 Å². The summed E-state index contributed by atoms with van der Waals surface area (Å²) < 4.78 is 0. The average molecular weight is 382 g/mol. The number of para-hydroxylation sites is 1. The predicted octanol–water partition coefficient (Wildman–Crippen LogP) is 4.95. The third kappa shape index (κ3) is 4.24. The summed E-state index contributed by atoms with van der Waals surface area (Å²) in [6.45, 7) is 2.53. The Balaban J connectivity index is 1.68. The fourth-order valence-corrected chi connectivity index (χ4v) is 3.23. The van der Waals surface area contributed by atoms with E-state index in [1.54, 1.807) is 11.9 Å². The van der Waals surface area contributed by atoms with Crippen molar-refractivity contribution in [2.45, 2.75) is 13.5 Å². The van der Waals surface area contributed by atoms with Crippen LogP contribution in [0.25, 0.3) is 10.9 Å². The number of fused-ring (bicyclic) bond motifs is 1. The number of amides is 1. The van der Waals surface area contributed by atoms with Gasteiger partial charge in [0.25, 0.3) is 5.91 Å². The molecule has 0 saturated heterocycles. The summed E-state index contributed by atoms with van der Waals surface area (Å²) in [7, 11) is 1.77. The first-order chi connectivity index (χ1) is 14.1. The van der Waals surface area contributed by atoms with Crippen LogP contribution in [-0.2, 0) is 6.54 Å². The molecule has 0 atom stereocenters. The van der Waals surface area contributed by atoms with E-state index in [1.807, 2.05) is 85.8 Å². The molecule has 0 spiro atoms. The lowest BCUT2D eigenvalue weighted by atomic mass is 10.2. The molecule has 0 aliphatic heterocycles. The van der Waals surface area contributed by atoms with Crippen LogP contribution in [0.2, 0.25) is 0 Å². The van der Waals surface area contributed by atoms with Crippen molar-refractivity contribution in [3.8, 4) is 0 Å². The molecule has 0 unspecified atom stereocenters. The summed E-state index contributed by atoms with van der Waals surface area (Å²) in [5.74, 6) is 0.585. The first-order valence-corrected chi connectivity index (χ1v) is 9.50. The highest BCUT2D eigenvalue weighted by atomic mass is 16.2. The second kappa shape index (κ2) is 8.10. The summed E-state index contributed by atoms with van der Waals surface area (Å²) in [4.78, 5) is 23.7. The Labute approximate surface area is 170 Å². The molecule has 1 aromatic heterocycles. The van der Waals surface area contributed by atoms with E-state index in [9.17, 15) is 4.79 Å². The molecule has 0 aliphatic rings. The van der Waals surface area contributed by atoms with Gasteiger partial charge in [0.05, 0.1) is 5.52 Å². The highest BCUT2D eigenvalue weighted by molar-refractivity contribution is 5.97. The molecule has 0 bridgehead atoms. The lowest BCUT2D eigenvalue weighted by Gasteiger charge is -2.17. The Bertz CT molecular complexity index is 1160. The molecule has 144 valence electrons. The minimum absolute atomic E-state index is 0.178. The number of nitrogens with zero attached hydrogens (tertiary/aromatic N) is 3. The molecular weight excluding hydrogens is 360 g/mol. The molecule has 0 aliphatic carbocycles. The second-order valence-electron chi connectivity index (χ2n) is 7.05. The number of carbonyl (C=O) groups is 1. The zero-order valence-corrected chi connectivity index (χ0v) is 16.5. The summed E-state index contributed by atoms with van der Waals surface area (Å²) in [6, 6.07) is 25.6. The van der Waals surface area contributed by atoms with E-state index in [2.05, 4.69) is 15.3 Å². The third-order valence-corrected chi connectivity index (χ3v) is 4.68. The van der Waals surface area contributed by atoms with Gasteiger partial charge in [0.1, 0.15) is 5.82 Å². The van der Waals surface area contributed by atoms with Crippen molar-refractivity contribution in [1.82, 2.24) is 14.9 Å². The monoisotopic (exact) mass is 382 g/mol. The molecule has 0 radical (unpaired) electrons. The number of nitrogens with one attached hydrogen (secondary N) is 1. The SMILES string of the molecule is Cc1cccc(Nc2nc(C(=O)N(C)Cc3ccccc3)nc3ccccc23)c1. The predicted molar refractivity (Wildman–Crippen MR) is 116 cm³/mol. The Morgan fingerprint density at radius 3 is 2.48 bits per heavy atom. The van der Waals surface area contributed by atoms with Crippen LogP contribution < -0.4 is 5.32 Å². The number of hydrogen-bond acceptors (Lipinski definition) is 4. The molecule has 4 aromatic rings. The Kier molecular flexibility index (Phi) is 5.20. The van der Waals surface area contributed by atoms with Gasteiger partial charge in [-0.1, -0.05) is 54.6 Å². The number of anilines is 2. The van der Waals surface area contributed by atoms with Gasteiger partial charge in [-0.2, -0.15) is 0 Å². The lowest BCUT2D eigenvalue weighted by molar-refractivity contribution is 0.0773. The summed E-state index contributed by atoms with van der Waals surface area (Å²) in [5.41, 5.74) is 3.86. The quantitative estimate of drug-likeness (QED) is 0.530. The molecule has 1 N–H and O–H groups in total. The van der Waals surface area contributed by atoms with Crippen LogP contribution in [-0.4, -0.2) is 27.8 Å². The maximum Gasteiger partial charge on any atom is 0.291 e. The Hall–Kier alpha value is -3.73. The van der Waals surface area contributed by atoms with Crippen LogP contribution in [0.5, 0.6) is 0 Å². The van der Waals surface area contributed by atoms with Gasteiger partial charge in [0, 0.05) is 24.7 Å². The fourth-order valence-electron chi connectivity index (χ4n) is 3.23. The van der Waals surface area contributed by atoms with Crippen LogP contribution in [0.1, 0.15) is 21.7 Å². The fraction of sp³-hybridized carbons (Fsp3) is 0.125. The van der Waals surface area contributed by atoms with Gasteiger partial charge in [-0.05, 0) is 42.3 Å².